The van der Waals surface area contributed by atoms with Gasteiger partial charge in [0.25, 0.3) is 5.91 Å². The van der Waals surface area contributed by atoms with Crippen molar-refractivity contribution in [3.8, 4) is 0 Å². The summed E-state index contributed by atoms with van der Waals surface area (Å²) in [4.78, 5) is 23.9. The summed E-state index contributed by atoms with van der Waals surface area (Å²) < 4.78 is 4.57. The van der Waals surface area contributed by atoms with Crippen molar-refractivity contribution in [1.82, 2.24) is 16.0 Å². The van der Waals surface area contributed by atoms with Gasteiger partial charge in [-0.25, -0.2) is 0 Å². The summed E-state index contributed by atoms with van der Waals surface area (Å²) in [5.74, 6) is 1.20. The number of nitrogens with zero attached hydrogens (tertiary/aromatic N) is 1. The molecule has 0 unspecified atom stereocenters. The molecule has 108 valence electrons. The number of hydrogen-bond donors (Lipinski definition) is 2. The Hall–Kier alpha value is -1.76. The average molecular weight is 295 g/mol. The highest BCUT2D eigenvalue weighted by Crippen LogP contribution is 2.33. The first-order valence-electron chi connectivity index (χ1n) is 6.30. The molecule has 0 spiro atoms. The Labute approximate surface area is 121 Å². The molecule has 2 rings (SSSR count). The molecule has 0 saturated heterocycles. The van der Waals surface area contributed by atoms with E-state index in [1.165, 1.54) is 12.3 Å². The summed E-state index contributed by atoms with van der Waals surface area (Å²) in [6.07, 6.45) is 4.28. The minimum atomic E-state index is -0.641. The molecule has 1 aliphatic heterocycles. The molecule has 1 aromatic heterocycles. The van der Waals surface area contributed by atoms with Crippen molar-refractivity contribution >= 4 is 23.6 Å². The van der Waals surface area contributed by atoms with Crippen LogP contribution in [-0.4, -0.2) is 28.5 Å². The first kappa shape index (κ1) is 14.6. The van der Waals surface area contributed by atoms with E-state index in [1.807, 2.05) is 25.6 Å². The highest BCUT2D eigenvalue weighted by molar-refractivity contribution is 7.99. The van der Waals surface area contributed by atoms with Crippen LogP contribution in [0.3, 0.4) is 0 Å². The Morgan fingerprint density at radius 3 is 2.80 bits per heavy atom. The molecule has 0 aromatic carbocycles. The molecular formula is C13H17N3O3S. The molecule has 0 bridgehead atoms. The molecule has 1 aliphatic rings. The van der Waals surface area contributed by atoms with E-state index < -0.39 is 11.3 Å². The fourth-order valence-corrected chi connectivity index (χ4v) is 2.75. The highest BCUT2D eigenvalue weighted by atomic mass is 32.2. The van der Waals surface area contributed by atoms with E-state index in [1.54, 1.807) is 0 Å². The van der Waals surface area contributed by atoms with Crippen LogP contribution in [0.1, 0.15) is 30.8 Å². The van der Waals surface area contributed by atoms with Crippen LogP contribution in [0, 0.1) is 5.41 Å². The number of carbonyl (C=O) groups is 2. The number of amides is 2. The van der Waals surface area contributed by atoms with E-state index in [0.717, 1.165) is 23.5 Å². The van der Waals surface area contributed by atoms with Gasteiger partial charge in [-0.3, -0.25) is 20.4 Å². The summed E-state index contributed by atoms with van der Waals surface area (Å²) in [7, 11) is 0. The number of carbonyl (C=O) groups excluding carboxylic acids is 2. The fraction of sp³-hybridized carbons (Fsp3) is 0.462. The summed E-state index contributed by atoms with van der Waals surface area (Å²) in [6.45, 7) is 3.71. The lowest BCUT2D eigenvalue weighted by Gasteiger charge is -2.28. The van der Waals surface area contributed by atoms with Crippen LogP contribution >= 0.6 is 11.8 Å². The zero-order valence-electron chi connectivity index (χ0n) is 11.4. The summed E-state index contributed by atoms with van der Waals surface area (Å²) in [5, 5.41) is 3.49. The second-order valence-electron chi connectivity index (χ2n) is 4.97. The van der Waals surface area contributed by atoms with Crippen LogP contribution in [0.2, 0.25) is 0 Å². The molecule has 7 heteroatoms. The molecular weight excluding hydrogens is 278 g/mol. The van der Waals surface area contributed by atoms with Crippen LogP contribution in [-0.2, 0) is 4.79 Å². The normalized spacial score (nSPS) is 15.4. The first-order valence-corrected chi connectivity index (χ1v) is 7.45. The van der Waals surface area contributed by atoms with Crippen molar-refractivity contribution in [2.45, 2.75) is 20.3 Å². The van der Waals surface area contributed by atoms with Gasteiger partial charge in [-0.15, -0.1) is 0 Å². The molecule has 2 amide bonds. The lowest BCUT2D eigenvalue weighted by Crippen LogP contribution is -2.48. The maximum absolute atomic E-state index is 12.2. The molecule has 0 saturated carbocycles. The van der Waals surface area contributed by atoms with Crippen molar-refractivity contribution in [1.29, 1.82) is 0 Å². The maximum atomic E-state index is 12.2. The van der Waals surface area contributed by atoms with Crippen molar-refractivity contribution in [2.75, 3.05) is 11.5 Å². The minimum absolute atomic E-state index is 0.122. The molecule has 20 heavy (non-hydrogen) atoms. The van der Waals surface area contributed by atoms with Gasteiger partial charge >= 0.3 is 0 Å². The predicted molar refractivity (Wildman–Crippen MR) is 75.9 cm³/mol. The zero-order valence-corrected chi connectivity index (χ0v) is 12.3. The standard InChI is InChI=1S/C13H17N3O3S/c1-13(2,9-4-7-20-8-5-9)12(18)15-14-11(17)10-3-6-19-16-10/h3-4,6H,5,7-8H2,1-2H3,(H,14,17)(H,15,18). The van der Waals surface area contributed by atoms with E-state index in [0.29, 0.717) is 0 Å². The molecule has 0 fully saturated rings. The van der Waals surface area contributed by atoms with Gasteiger partial charge in [-0.2, -0.15) is 11.8 Å². The lowest BCUT2D eigenvalue weighted by atomic mass is 9.81. The Balaban J connectivity index is 1.94. The smallest absolute Gasteiger partial charge is 0.291 e. The van der Waals surface area contributed by atoms with Gasteiger partial charge in [0.2, 0.25) is 5.91 Å². The number of rotatable bonds is 3. The fourth-order valence-electron chi connectivity index (χ4n) is 1.90. The Kier molecular flexibility index (Phi) is 4.49. The molecule has 0 atom stereocenters. The van der Waals surface area contributed by atoms with Crippen LogP contribution in [0.5, 0.6) is 0 Å². The zero-order chi connectivity index (χ0) is 14.6. The molecule has 6 nitrogen and oxygen atoms in total. The van der Waals surface area contributed by atoms with Crippen LogP contribution in [0.25, 0.3) is 0 Å². The van der Waals surface area contributed by atoms with Gasteiger partial charge in [0, 0.05) is 11.8 Å². The van der Waals surface area contributed by atoms with Crippen molar-refractivity contribution < 1.29 is 14.1 Å². The third-order valence-electron chi connectivity index (χ3n) is 3.29. The monoisotopic (exact) mass is 295 g/mol. The van der Waals surface area contributed by atoms with Gasteiger partial charge in [-0.1, -0.05) is 16.8 Å². The number of hydrazine groups is 1. The van der Waals surface area contributed by atoms with Crippen molar-refractivity contribution in [3.63, 3.8) is 0 Å². The maximum Gasteiger partial charge on any atom is 0.291 e. The quantitative estimate of drug-likeness (QED) is 0.652. The third-order valence-corrected chi connectivity index (χ3v) is 4.19. The van der Waals surface area contributed by atoms with Crippen molar-refractivity contribution in [3.05, 3.63) is 29.7 Å². The number of aromatic nitrogens is 1. The second kappa shape index (κ2) is 6.13. The predicted octanol–water partition coefficient (Wildman–Crippen LogP) is 1.53. The van der Waals surface area contributed by atoms with E-state index in [2.05, 4.69) is 26.6 Å². The molecule has 1 aromatic rings. The summed E-state index contributed by atoms with van der Waals surface area (Å²) >= 11 is 1.85. The molecule has 0 aliphatic carbocycles. The average Bonchev–Trinajstić information content (AvgIpc) is 2.99. The van der Waals surface area contributed by atoms with Gasteiger partial charge < -0.3 is 4.52 Å². The van der Waals surface area contributed by atoms with Crippen molar-refractivity contribution in [2.24, 2.45) is 5.41 Å². The van der Waals surface area contributed by atoms with E-state index in [4.69, 9.17) is 0 Å². The van der Waals surface area contributed by atoms with E-state index >= 15 is 0 Å². The Bertz CT molecular complexity index is 523. The molecule has 2 N–H and O–H groups in total. The minimum Gasteiger partial charge on any atom is -0.364 e. The van der Waals surface area contributed by atoms with E-state index in [-0.39, 0.29) is 11.6 Å². The van der Waals surface area contributed by atoms with Gasteiger partial charge in [0.05, 0.1) is 5.41 Å². The molecule has 0 radical (unpaired) electrons. The lowest BCUT2D eigenvalue weighted by molar-refractivity contribution is -0.128. The molecule has 2 heterocycles. The number of nitrogens with one attached hydrogen (secondary N) is 2. The van der Waals surface area contributed by atoms with Gasteiger partial charge in [-0.05, 0) is 26.0 Å². The number of thioether (sulfide) groups is 1. The SMILES string of the molecule is CC(C)(C(=O)NNC(=O)c1ccon1)C1=CCSCC1. The third kappa shape index (κ3) is 3.22. The Morgan fingerprint density at radius 1 is 1.40 bits per heavy atom. The van der Waals surface area contributed by atoms with Crippen LogP contribution in [0.4, 0.5) is 0 Å². The Morgan fingerprint density at radius 2 is 2.20 bits per heavy atom. The number of hydrogen-bond acceptors (Lipinski definition) is 5. The van der Waals surface area contributed by atoms with E-state index in [9.17, 15) is 9.59 Å². The largest absolute Gasteiger partial charge is 0.364 e. The van der Waals surface area contributed by atoms with Crippen LogP contribution < -0.4 is 10.9 Å². The second-order valence-corrected chi connectivity index (χ2v) is 6.12. The first-order chi connectivity index (χ1) is 9.51. The van der Waals surface area contributed by atoms with Crippen LogP contribution in [0.15, 0.2) is 28.5 Å². The van der Waals surface area contributed by atoms with Gasteiger partial charge in [0.15, 0.2) is 5.69 Å². The van der Waals surface area contributed by atoms with Gasteiger partial charge in [0.1, 0.15) is 6.26 Å². The highest BCUT2D eigenvalue weighted by Gasteiger charge is 2.32. The summed E-state index contributed by atoms with van der Waals surface area (Å²) in [6, 6.07) is 1.42. The summed E-state index contributed by atoms with van der Waals surface area (Å²) in [5.41, 5.74) is 5.36. The topological polar surface area (TPSA) is 84.2 Å².